The lowest BCUT2D eigenvalue weighted by Crippen LogP contribution is -2.16. The average Bonchev–Trinajstić information content (AvgIpc) is 2.14. The zero-order valence-electron chi connectivity index (χ0n) is 9.38. The van der Waals surface area contributed by atoms with E-state index < -0.39 is 20.9 Å². The molecule has 0 fully saturated rings. The maximum Gasteiger partial charge on any atom is 0.295 e. The second-order valence-corrected chi connectivity index (χ2v) is 6.70. The maximum absolute atomic E-state index is 11.1. The van der Waals surface area contributed by atoms with Gasteiger partial charge in [0, 0.05) is 10.1 Å². The summed E-state index contributed by atoms with van der Waals surface area (Å²) in [4.78, 5) is 11.2. The van der Waals surface area contributed by atoms with Crippen molar-refractivity contribution in [1.82, 2.24) is 0 Å². The Bertz CT molecular complexity index is 537. The molecule has 0 heterocycles. The van der Waals surface area contributed by atoms with Crippen molar-refractivity contribution in [3.8, 4) is 0 Å². The molecule has 1 aromatic rings. The fourth-order valence-corrected chi connectivity index (χ4v) is 2.94. The molecule has 0 atom stereocenters. The number of benzene rings is 1. The number of hydrogen-bond donors (Lipinski definition) is 2. The van der Waals surface area contributed by atoms with Gasteiger partial charge in [0.25, 0.3) is 10.1 Å². The van der Waals surface area contributed by atoms with E-state index in [1.807, 2.05) is 13.8 Å². The van der Waals surface area contributed by atoms with Crippen molar-refractivity contribution in [2.75, 3.05) is 0 Å². The van der Waals surface area contributed by atoms with Gasteiger partial charge in [-0.05, 0) is 18.2 Å². The topological polar surface area (TPSA) is 97.5 Å². The molecule has 0 radical (unpaired) electrons. The average molecular weight is 275 g/mol. The van der Waals surface area contributed by atoms with Crippen molar-refractivity contribution in [3.05, 3.63) is 23.8 Å². The minimum absolute atomic E-state index is 0.208. The van der Waals surface area contributed by atoms with Gasteiger partial charge in [0.05, 0.1) is 5.56 Å². The molecular weight excluding hydrogens is 262 g/mol. The van der Waals surface area contributed by atoms with E-state index in [0.29, 0.717) is 4.90 Å². The Hall–Kier alpha value is -1.05. The SMILES string of the molecule is CC(C)Sc1ccc(C(N)=O)c(S(=O)(=O)O)c1. The highest BCUT2D eigenvalue weighted by molar-refractivity contribution is 8.00. The van der Waals surface area contributed by atoms with Gasteiger partial charge in [-0.2, -0.15) is 8.42 Å². The molecule has 0 aliphatic heterocycles. The predicted octanol–water partition coefficient (Wildman–Crippen LogP) is 1.53. The highest BCUT2D eigenvalue weighted by Crippen LogP contribution is 2.27. The van der Waals surface area contributed by atoms with E-state index in [1.54, 1.807) is 6.07 Å². The zero-order valence-corrected chi connectivity index (χ0v) is 11.0. The van der Waals surface area contributed by atoms with Gasteiger partial charge in [0.1, 0.15) is 4.90 Å². The van der Waals surface area contributed by atoms with Gasteiger partial charge in [-0.1, -0.05) is 13.8 Å². The first kappa shape index (κ1) is 14.0. The second kappa shape index (κ2) is 5.07. The van der Waals surface area contributed by atoms with E-state index in [4.69, 9.17) is 10.3 Å². The van der Waals surface area contributed by atoms with Gasteiger partial charge in [0.2, 0.25) is 5.91 Å². The summed E-state index contributed by atoms with van der Waals surface area (Å²) in [5.74, 6) is -0.890. The Balaban J connectivity index is 3.35. The number of rotatable bonds is 4. The number of carbonyl (C=O) groups excluding carboxylic acids is 1. The van der Waals surface area contributed by atoms with E-state index in [1.165, 1.54) is 23.9 Å². The van der Waals surface area contributed by atoms with Crippen LogP contribution in [0.25, 0.3) is 0 Å². The van der Waals surface area contributed by atoms with Crippen LogP contribution < -0.4 is 5.73 Å². The van der Waals surface area contributed by atoms with Crippen LogP contribution in [-0.4, -0.2) is 24.1 Å². The molecule has 3 N–H and O–H groups in total. The van der Waals surface area contributed by atoms with Crippen LogP contribution in [0.1, 0.15) is 24.2 Å². The molecule has 0 saturated carbocycles. The fraction of sp³-hybridized carbons (Fsp3) is 0.300. The summed E-state index contributed by atoms with van der Waals surface area (Å²) in [5, 5.41) is 0.253. The molecule has 1 rings (SSSR count). The third-order valence-corrected chi connectivity index (χ3v) is 3.76. The summed E-state index contributed by atoms with van der Waals surface area (Å²) in [7, 11) is -4.45. The van der Waals surface area contributed by atoms with Crippen molar-refractivity contribution in [2.45, 2.75) is 28.9 Å². The van der Waals surface area contributed by atoms with Gasteiger partial charge in [-0.25, -0.2) is 0 Å². The molecule has 5 nitrogen and oxygen atoms in total. The molecule has 0 unspecified atom stereocenters. The molecule has 7 heteroatoms. The molecule has 0 spiro atoms. The molecule has 0 bridgehead atoms. The first-order chi connectivity index (χ1) is 7.71. The third-order valence-electron chi connectivity index (χ3n) is 1.87. The summed E-state index contributed by atoms with van der Waals surface area (Å²) in [6.07, 6.45) is 0. The lowest BCUT2D eigenvalue weighted by Gasteiger charge is -2.08. The number of hydrogen-bond acceptors (Lipinski definition) is 4. The Labute approximate surface area is 104 Å². The van der Waals surface area contributed by atoms with Crippen LogP contribution in [0.2, 0.25) is 0 Å². The quantitative estimate of drug-likeness (QED) is 0.641. The number of thioether (sulfide) groups is 1. The Morgan fingerprint density at radius 1 is 1.41 bits per heavy atom. The Morgan fingerprint density at radius 3 is 2.41 bits per heavy atom. The summed E-state index contributed by atoms with van der Waals surface area (Å²) in [6.45, 7) is 3.89. The van der Waals surface area contributed by atoms with Crippen molar-refractivity contribution in [2.24, 2.45) is 5.73 Å². The van der Waals surface area contributed by atoms with Crippen molar-refractivity contribution < 1.29 is 17.8 Å². The van der Waals surface area contributed by atoms with E-state index in [0.717, 1.165) is 0 Å². The standard InChI is InChI=1S/C10H13NO4S2/c1-6(2)16-7-3-4-8(10(11)12)9(5-7)17(13,14)15/h3-6H,1-2H3,(H2,11,12)(H,13,14,15). The number of amides is 1. The van der Waals surface area contributed by atoms with E-state index in [-0.39, 0.29) is 10.8 Å². The second-order valence-electron chi connectivity index (χ2n) is 3.66. The maximum atomic E-state index is 11.1. The van der Waals surface area contributed by atoms with Crippen LogP contribution in [0, 0.1) is 0 Å². The van der Waals surface area contributed by atoms with Gasteiger partial charge in [0.15, 0.2) is 0 Å². The lowest BCUT2D eigenvalue weighted by molar-refractivity contribution is 0.0996. The first-order valence-electron chi connectivity index (χ1n) is 4.80. The Kier molecular flexibility index (Phi) is 4.18. The summed E-state index contributed by atoms with van der Waals surface area (Å²) >= 11 is 1.42. The highest BCUT2D eigenvalue weighted by Gasteiger charge is 2.19. The van der Waals surface area contributed by atoms with Crippen molar-refractivity contribution in [1.29, 1.82) is 0 Å². The molecule has 1 amide bonds. The van der Waals surface area contributed by atoms with Crippen LogP contribution in [0.5, 0.6) is 0 Å². The molecule has 1 aromatic carbocycles. The van der Waals surface area contributed by atoms with Gasteiger partial charge in [-0.3, -0.25) is 9.35 Å². The van der Waals surface area contributed by atoms with Crippen LogP contribution in [0.3, 0.4) is 0 Å². The minimum atomic E-state index is -4.45. The molecule has 0 aromatic heterocycles. The number of carbonyl (C=O) groups is 1. The van der Waals surface area contributed by atoms with Crippen LogP contribution >= 0.6 is 11.8 Å². The highest BCUT2D eigenvalue weighted by atomic mass is 32.2. The predicted molar refractivity (Wildman–Crippen MR) is 65.8 cm³/mol. The van der Waals surface area contributed by atoms with Gasteiger partial charge in [-0.15, -0.1) is 11.8 Å². The third kappa shape index (κ3) is 3.72. The smallest absolute Gasteiger partial charge is 0.295 e. The Morgan fingerprint density at radius 2 is 2.00 bits per heavy atom. The molecule has 0 aliphatic rings. The summed E-state index contributed by atoms with van der Waals surface area (Å²) in [6, 6.07) is 4.15. The summed E-state index contributed by atoms with van der Waals surface area (Å²) < 4.78 is 31.3. The molecular formula is C10H13NO4S2. The zero-order chi connectivity index (χ0) is 13.2. The minimum Gasteiger partial charge on any atom is -0.366 e. The van der Waals surface area contributed by atoms with E-state index in [9.17, 15) is 13.2 Å². The van der Waals surface area contributed by atoms with Crippen molar-refractivity contribution in [3.63, 3.8) is 0 Å². The summed E-state index contributed by atoms with van der Waals surface area (Å²) in [5.41, 5.74) is 4.83. The fourth-order valence-electron chi connectivity index (χ4n) is 1.27. The van der Waals surface area contributed by atoms with Crippen LogP contribution in [0.4, 0.5) is 0 Å². The normalized spacial score (nSPS) is 11.8. The molecule has 94 valence electrons. The van der Waals surface area contributed by atoms with Crippen molar-refractivity contribution >= 4 is 27.8 Å². The van der Waals surface area contributed by atoms with Crippen LogP contribution in [0.15, 0.2) is 28.0 Å². The number of primary amides is 1. The molecule has 0 saturated heterocycles. The molecule has 0 aliphatic carbocycles. The van der Waals surface area contributed by atoms with Gasteiger partial charge >= 0.3 is 0 Å². The van der Waals surface area contributed by atoms with Gasteiger partial charge < -0.3 is 5.73 Å². The van der Waals surface area contributed by atoms with E-state index >= 15 is 0 Å². The monoisotopic (exact) mass is 275 g/mol. The lowest BCUT2D eigenvalue weighted by atomic mass is 10.2. The van der Waals surface area contributed by atoms with Crippen LogP contribution in [-0.2, 0) is 10.1 Å². The number of nitrogens with two attached hydrogens (primary N) is 1. The first-order valence-corrected chi connectivity index (χ1v) is 7.12. The molecule has 17 heavy (non-hydrogen) atoms. The van der Waals surface area contributed by atoms with E-state index in [2.05, 4.69) is 0 Å². The largest absolute Gasteiger partial charge is 0.366 e.